The SMILES string of the molecule is CCn1cnc(C)cc1=O. The van der Waals surface area contributed by atoms with E-state index in [1.165, 1.54) is 6.07 Å². The van der Waals surface area contributed by atoms with Crippen molar-refractivity contribution in [2.45, 2.75) is 20.4 Å². The third kappa shape index (κ3) is 1.23. The molecule has 1 heterocycles. The van der Waals surface area contributed by atoms with E-state index in [9.17, 15) is 4.79 Å². The summed E-state index contributed by atoms with van der Waals surface area (Å²) in [5, 5.41) is 0. The zero-order valence-corrected chi connectivity index (χ0v) is 6.16. The van der Waals surface area contributed by atoms with Gasteiger partial charge in [0.25, 0.3) is 5.56 Å². The molecule has 0 fully saturated rings. The predicted octanol–water partition coefficient (Wildman–Crippen LogP) is 0.572. The monoisotopic (exact) mass is 138 g/mol. The molecule has 0 radical (unpaired) electrons. The highest BCUT2D eigenvalue weighted by Gasteiger charge is 1.91. The summed E-state index contributed by atoms with van der Waals surface area (Å²) >= 11 is 0. The zero-order chi connectivity index (χ0) is 7.56. The van der Waals surface area contributed by atoms with Crippen molar-refractivity contribution < 1.29 is 0 Å². The smallest absolute Gasteiger partial charge is 0.253 e. The van der Waals surface area contributed by atoms with E-state index in [1.54, 1.807) is 17.8 Å². The first-order valence-electron chi connectivity index (χ1n) is 3.27. The molecule has 0 saturated heterocycles. The van der Waals surface area contributed by atoms with Crippen LogP contribution in [0.15, 0.2) is 17.2 Å². The number of aryl methyl sites for hydroxylation is 2. The van der Waals surface area contributed by atoms with Gasteiger partial charge in [-0.3, -0.25) is 9.36 Å². The van der Waals surface area contributed by atoms with Gasteiger partial charge in [0.1, 0.15) is 0 Å². The van der Waals surface area contributed by atoms with Crippen LogP contribution < -0.4 is 5.56 Å². The van der Waals surface area contributed by atoms with Gasteiger partial charge in [-0.25, -0.2) is 4.98 Å². The molecule has 0 aliphatic carbocycles. The Kier molecular flexibility index (Phi) is 1.85. The Morgan fingerprint density at radius 3 is 2.90 bits per heavy atom. The van der Waals surface area contributed by atoms with E-state index in [1.807, 2.05) is 6.92 Å². The number of rotatable bonds is 1. The van der Waals surface area contributed by atoms with Gasteiger partial charge in [-0.15, -0.1) is 0 Å². The first kappa shape index (κ1) is 6.99. The number of hydrogen-bond acceptors (Lipinski definition) is 2. The second-order valence-electron chi connectivity index (χ2n) is 2.15. The van der Waals surface area contributed by atoms with Crippen molar-refractivity contribution in [1.82, 2.24) is 9.55 Å². The minimum absolute atomic E-state index is 0.0231. The fraction of sp³-hybridized carbons (Fsp3) is 0.429. The van der Waals surface area contributed by atoms with E-state index in [-0.39, 0.29) is 5.56 Å². The Morgan fingerprint density at radius 2 is 2.40 bits per heavy atom. The summed E-state index contributed by atoms with van der Waals surface area (Å²) in [6.07, 6.45) is 1.57. The summed E-state index contributed by atoms with van der Waals surface area (Å²) in [7, 11) is 0. The van der Waals surface area contributed by atoms with Crippen LogP contribution in [0.25, 0.3) is 0 Å². The molecule has 1 aromatic rings. The Morgan fingerprint density at radius 1 is 1.70 bits per heavy atom. The lowest BCUT2D eigenvalue weighted by atomic mass is 10.4. The Hall–Kier alpha value is -1.12. The highest BCUT2D eigenvalue weighted by Crippen LogP contribution is 1.83. The van der Waals surface area contributed by atoms with Crippen molar-refractivity contribution in [1.29, 1.82) is 0 Å². The van der Waals surface area contributed by atoms with Gasteiger partial charge in [-0.1, -0.05) is 0 Å². The second kappa shape index (κ2) is 2.64. The summed E-state index contributed by atoms with van der Waals surface area (Å²) in [6, 6.07) is 1.53. The summed E-state index contributed by atoms with van der Waals surface area (Å²) in [5.41, 5.74) is 0.796. The molecule has 0 spiro atoms. The van der Waals surface area contributed by atoms with Crippen LogP contribution in [-0.4, -0.2) is 9.55 Å². The van der Waals surface area contributed by atoms with Crippen LogP contribution in [0.3, 0.4) is 0 Å². The van der Waals surface area contributed by atoms with Crippen LogP contribution in [-0.2, 0) is 6.54 Å². The number of aromatic nitrogens is 2. The highest BCUT2D eigenvalue weighted by atomic mass is 16.1. The third-order valence-corrected chi connectivity index (χ3v) is 1.36. The zero-order valence-electron chi connectivity index (χ0n) is 6.16. The summed E-state index contributed by atoms with van der Waals surface area (Å²) in [6.45, 7) is 4.41. The molecule has 0 aromatic carbocycles. The molecule has 1 rings (SSSR count). The van der Waals surface area contributed by atoms with Crippen molar-refractivity contribution in [3.63, 3.8) is 0 Å². The first-order valence-corrected chi connectivity index (χ1v) is 3.27. The number of hydrogen-bond donors (Lipinski definition) is 0. The third-order valence-electron chi connectivity index (χ3n) is 1.36. The molecule has 3 nitrogen and oxygen atoms in total. The van der Waals surface area contributed by atoms with Crippen molar-refractivity contribution in [3.05, 3.63) is 28.4 Å². The number of nitrogens with zero attached hydrogens (tertiary/aromatic N) is 2. The van der Waals surface area contributed by atoms with Crippen LogP contribution in [0.4, 0.5) is 0 Å². The molecule has 0 N–H and O–H groups in total. The molecule has 3 heteroatoms. The van der Waals surface area contributed by atoms with E-state index < -0.39 is 0 Å². The Labute approximate surface area is 59.3 Å². The van der Waals surface area contributed by atoms with Gasteiger partial charge in [0.05, 0.1) is 6.33 Å². The van der Waals surface area contributed by atoms with Gasteiger partial charge < -0.3 is 0 Å². The average Bonchev–Trinajstić information content (AvgIpc) is 1.88. The van der Waals surface area contributed by atoms with Crippen molar-refractivity contribution in [3.8, 4) is 0 Å². The lowest BCUT2D eigenvalue weighted by molar-refractivity contribution is 0.702. The first-order chi connectivity index (χ1) is 4.74. The van der Waals surface area contributed by atoms with Gasteiger partial charge in [-0.05, 0) is 13.8 Å². The lowest BCUT2D eigenvalue weighted by Crippen LogP contribution is -2.18. The molecule has 0 atom stereocenters. The van der Waals surface area contributed by atoms with Crippen LogP contribution in [0, 0.1) is 6.92 Å². The van der Waals surface area contributed by atoms with E-state index >= 15 is 0 Å². The van der Waals surface area contributed by atoms with Gasteiger partial charge in [0.15, 0.2) is 0 Å². The van der Waals surface area contributed by atoms with Crippen molar-refractivity contribution in [2.24, 2.45) is 0 Å². The maximum atomic E-state index is 11.0. The minimum Gasteiger partial charge on any atom is -0.300 e. The standard InChI is InChI=1S/C7H10N2O/c1-3-9-5-8-6(2)4-7(9)10/h4-5H,3H2,1-2H3. The quantitative estimate of drug-likeness (QED) is 0.568. The van der Waals surface area contributed by atoms with Gasteiger partial charge in [0.2, 0.25) is 0 Å². The van der Waals surface area contributed by atoms with Crippen LogP contribution in [0.5, 0.6) is 0 Å². The van der Waals surface area contributed by atoms with E-state index in [0.29, 0.717) is 6.54 Å². The molecular formula is C7H10N2O. The van der Waals surface area contributed by atoms with Gasteiger partial charge >= 0.3 is 0 Å². The Bertz CT molecular complexity index is 277. The molecule has 0 amide bonds. The summed E-state index contributed by atoms with van der Waals surface area (Å²) in [4.78, 5) is 15.0. The molecule has 0 aliphatic heterocycles. The van der Waals surface area contributed by atoms with Gasteiger partial charge in [0, 0.05) is 18.3 Å². The molecule has 54 valence electrons. The normalized spacial score (nSPS) is 9.80. The minimum atomic E-state index is 0.0231. The summed E-state index contributed by atoms with van der Waals surface area (Å²) in [5.74, 6) is 0. The van der Waals surface area contributed by atoms with E-state index in [0.717, 1.165) is 5.69 Å². The second-order valence-corrected chi connectivity index (χ2v) is 2.15. The lowest BCUT2D eigenvalue weighted by Gasteiger charge is -1.98. The van der Waals surface area contributed by atoms with Crippen LogP contribution in [0.1, 0.15) is 12.6 Å². The van der Waals surface area contributed by atoms with Crippen LogP contribution >= 0.6 is 0 Å². The highest BCUT2D eigenvalue weighted by molar-refractivity contribution is 4.95. The molecular weight excluding hydrogens is 128 g/mol. The molecule has 0 saturated carbocycles. The Balaban J connectivity index is 3.20. The molecule has 0 bridgehead atoms. The largest absolute Gasteiger partial charge is 0.300 e. The average molecular weight is 138 g/mol. The molecule has 1 aromatic heterocycles. The fourth-order valence-corrected chi connectivity index (χ4v) is 0.754. The maximum Gasteiger partial charge on any atom is 0.253 e. The fourth-order valence-electron chi connectivity index (χ4n) is 0.754. The van der Waals surface area contributed by atoms with E-state index in [2.05, 4.69) is 4.98 Å². The van der Waals surface area contributed by atoms with Crippen molar-refractivity contribution >= 4 is 0 Å². The summed E-state index contributed by atoms with van der Waals surface area (Å²) < 4.78 is 1.56. The topological polar surface area (TPSA) is 34.9 Å². The van der Waals surface area contributed by atoms with Crippen LogP contribution in [0.2, 0.25) is 0 Å². The van der Waals surface area contributed by atoms with Gasteiger partial charge in [-0.2, -0.15) is 0 Å². The predicted molar refractivity (Wildman–Crippen MR) is 38.9 cm³/mol. The van der Waals surface area contributed by atoms with Crippen molar-refractivity contribution in [2.75, 3.05) is 0 Å². The maximum absolute atomic E-state index is 11.0. The molecule has 0 unspecified atom stereocenters. The molecule has 0 aliphatic rings. The van der Waals surface area contributed by atoms with E-state index in [4.69, 9.17) is 0 Å². The molecule has 10 heavy (non-hydrogen) atoms.